The lowest BCUT2D eigenvalue weighted by atomic mass is 9.88. The number of benzene rings is 1. The Morgan fingerprint density at radius 2 is 2.05 bits per heavy atom. The largest absolute Gasteiger partial charge is 0.487 e. The molecular formula is C16H21NO2. The summed E-state index contributed by atoms with van der Waals surface area (Å²) in [5, 5.41) is 2.99. The van der Waals surface area contributed by atoms with Crippen LogP contribution in [-0.2, 0) is 4.79 Å². The summed E-state index contributed by atoms with van der Waals surface area (Å²) >= 11 is 0. The van der Waals surface area contributed by atoms with E-state index in [9.17, 15) is 4.79 Å². The minimum atomic E-state index is 0.120. The second kappa shape index (κ2) is 6.98. The van der Waals surface area contributed by atoms with E-state index in [1.54, 1.807) is 6.08 Å². The van der Waals surface area contributed by atoms with Gasteiger partial charge < -0.3 is 10.1 Å². The van der Waals surface area contributed by atoms with Crippen molar-refractivity contribution in [2.75, 3.05) is 11.9 Å². The second-order valence-electron chi connectivity index (χ2n) is 4.92. The number of anilines is 1. The predicted octanol–water partition coefficient (Wildman–Crippen LogP) is 3.77. The fraction of sp³-hybridized carbons (Fsp3) is 0.438. The maximum Gasteiger partial charge on any atom is 0.227 e. The fourth-order valence-electron chi connectivity index (χ4n) is 2.44. The number of para-hydroxylation sites is 2. The number of rotatable bonds is 5. The summed E-state index contributed by atoms with van der Waals surface area (Å²) in [6, 6.07) is 7.53. The molecule has 0 unspecified atom stereocenters. The molecule has 1 aromatic carbocycles. The molecule has 0 bridgehead atoms. The van der Waals surface area contributed by atoms with Crippen molar-refractivity contribution in [2.45, 2.75) is 32.1 Å². The Labute approximate surface area is 114 Å². The highest BCUT2D eigenvalue weighted by atomic mass is 16.5. The van der Waals surface area contributed by atoms with E-state index in [2.05, 4.69) is 11.9 Å². The third-order valence-electron chi connectivity index (χ3n) is 3.48. The van der Waals surface area contributed by atoms with Crippen molar-refractivity contribution in [1.82, 2.24) is 0 Å². The number of hydrogen-bond donors (Lipinski definition) is 1. The van der Waals surface area contributed by atoms with Crippen molar-refractivity contribution in [3.63, 3.8) is 0 Å². The van der Waals surface area contributed by atoms with Crippen LogP contribution in [0.25, 0.3) is 0 Å². The highest BCUT2D eigenvalue weighted by Gasteiger charge is 2.21. The third kappa shape index (κ3) is 3.85. The highest BCUT2D eigenvalue weighted by molar-refractivity contribution is 5.93. The van der Waals surface area contributed by atoms with Gasteiger partial charge in [0.05, 0.1) is 5.69 Å². The first-order valence-electron chi connectivity index (χ1n) is 6.95. The fourth-order valence-corrected chi connectivity index (χ4v) is 2.44. The Bertz CT molecular complexity index is 436. The molecule has 3 heteroatoms. The number of carbonyl (C=O) groups is 1. The van der Waals surface area contributed by atoms with Gasteiger partial charge in [0, 0.05) is 5.92 Å². The molecule has 102 valence electrons. The van der Waals surface area contributed by atoms with Gasteiger partial charge in [-0.1, -0.05) is 44.1 Å². The summed E-state index contributed by atoms with van der Waals surface area (Å²) in [4.78, 5) is 12.2. The van der Waals surface area contributed by atoms with Crippen molar-refractivity contribution in [3.8, 4) is 5.75 Å². The first-order chi connectivity index (χ1) is 9.31. The lowest BCUT2D eigenvalue weighted by Crippen LogP contribution is -2.24. The van der Waals surface area contributed by atoms with Crippen molar-refractivity contribution >= 4 is 11.6 Å². The average molecular weight is 259 g/mol. The molecule has 2 rings (SSSR count). The van der Waals surface area contributed by atoms with Crippen LogP contribution in [0.15, 0.2) is 36.9 Å². The van der Waals surface area contributed by atoms with Crippen molar-refractivity contribution < 1.29 is 9.53 Å². The molecule has 19 heavy (non-hydrogen) atoms. The van der Waals surface area contributed by atoms with Crippen molar-refractivity contribution in [1.29, 1.82) is 0 Å². The van der Waals surface area contributed by atoms with Crippen LogP contribution in [0.1, 0.15) is 32.1 Å². The maximum absolute atomic E-state index is 12.2. The molecule has 0 saturated heterocycles. The number of ether oxygens (including phenoxy) is 1. The van der Waals surface area contributed by atoms with Crippen LogP contribution < -0.4 is 10.1 Å². The monoisotopic (exact) mass is 259 g/mol. The zero-order chi connectivity index (χ0) is 13.5. The summed E-state index contributed by atoms with van der Waals surface area (Å²) in [7, 11) is 0. The molecule has 3 nitrogen and oxygen atoms in total. The molecule has 0 aliphatic heterocycles. The van der Waals surface area contributed by atoms with Gasteiger partial charge in [-0.05, 0) is 25.0 Å². The Morgan fingerprint density at radius 1 is 1.32 bits per heavy atom. The molecule has 0 spiro atoms. The van der Waals surface area contributed by atoms with Crippen LogP contribution in [-0.4, -0.2) is 12.5 Å². The molecule has 0 heterocycles. The number of nitrogens with one attached hydrogen (secondary N) is 1. The summed E-state index contributed by atoms with van der Waals surface area (Å²) in [5.74, 6) is 0.974. The van der Waals surface area contributed by atoms with Gasteiger partial charge in [0.1, 0.15) is 12.4 Å². The maximum atomic E-state index is 12.2. The van der Waals surface area contributed by atoms with E-state index in [-0.39, 0.29) is 11.8 Å². The third-order valence-corrected chi connectivity index (χ3v) is 3.48. The summed E-state index contributed by atoms with van der Waals surface area (Å²) < 4.78 is 5.54. The van der Waals surface area contributed by atoms with Gasteiger partial charge in [-0.25, -0.2) is 0 Å². The summed E-state index contributed by atoms with van der Waals surface area (Å²) in [6.45, 7) is 4.07. The van der Waals surface area contributed by atoms with Gasteiger partial charge in [-0.15, -0.1) is 0 Å². The van der Waals surface area contributed by atoms with E-state index >= 15 is 0 Å². The van der Waals surface area contributed by atoms with Crippen molar-refractivity contribution in [3.05, 3.63) is 36.9 Å². The highest BCUT2D eigenvalue weighted by Crippen LogP contribution is 2.28. The SMILES string of the molecule is C=CCOc1ccccc1NC(=O)C1CCCCC1. The lowest BCUT2D eigenvalue weighted by molar-refractivity contribution is -0.120. The van der Waals surface area contributed by atoms with Gasteiger partial charge in [0.15, 0.2) is 0 Å². The Hall–Kier alpha value is -1.77. The minimum absolute atomic E-state index is 0.120. The van der Waals surface area contributed by atoms with E-state index in [0.29, 0.717) is 12.4 Å². The molecule has 0 aromatic heterocycles. The Balaban J connectivity index is 2.00. The van der Waals surface area contributed by atoms with E-state index in [0.717, 1.165) is 31.4 Å². The molecule has 1 N–H and O–H groups in total. The normalized spacial score (nSPS) is 15.8. The summed E-state index contributed by atoms with van der Waals surface area (Å²) in [6.07, 6.45) is 7.27. The number of hydrogen-bond acceptors (Lipinski definition) is 2. The Kier molecular flexibility index (Phi) is 5.01. The molecule has 1 saturated carbocycles. The molecule has 1 aliphatic rings. The first kappa shape index (κ1) is 13.7. The minimum Gasteiger partial charge on any atom is -0.487 e. The van der Waals surface area contributed by atoms with Gasteiger partial charge in [-0.2, -0.15) is 0 Å². The number of amides is 1. The predicted molar refractivity (Wildman–Crippen MR) is 77.3 cm³/mol. The van der Waals surface area contributed by atoms with E-state index in [4.69, 9.17) is 4.74 Å². The summed E-state index contributed by atoms with van der Waals surface area (Å²) in [5.41, 5.74) is 0.750. The van der Waals surface area contributed by atoms with Crippen LogP contribution >= 0.6 is 0 Å². The first-order valence-corrected chi connectivity index (χ1v) is 6.95. The topological polar surface area (TPSA) is 38.3 Å². The molecule has 1 aromatic rings. The van der Waals surface area contributed by atoms with E-state index in [1.807, 2.05) is 24.3 Å². The quantitative estimate of drug-likeness (QED) is 0.817. The van der Waals surface area contributed by atoms with E-state index in [1.165, 1.54) is 6.42 Å². The van der Waals surface area contributed by atoms with Crippen LogP contribution in [0.2, 0.25) is 0 Å². The second-order valence-corrected chi connectivity index (χ2v) is 4.92. The smallest absolute Gasteiger partial charge is 0.227 e. The van der Waals surface area contributed by atoms with Gasteiger partial charge in [-0.3, -0.25) is 4.79 Å². The zero-order valence-electron chi connectivity index (χ0n) is 11.2. The van der Waals surface area contributed by atoms with Gasteiger partial charge in [0.2, 0.25) is 5.91 Å². The van der Waals surface area contributed by atoms with Crippen molar-refractivity contribution in [2.24, 2.45) is 5.92 Å². The average Bonchev–Trinajstić information content (AvgIpc) is 2.47. The Morgan fingerprint density at radius 3 is 2.79 bits per heavy atom. The number of carbonyl (C=O) groups excluding carboxylic acids is 1. The molecule has 0 atom stereocenters. The zero-order valence-corrected chi connectivity index (χ0v) is 11.2. The van der Waals surface area contributed by atoms with Crippen LogP contribution in [0, 0.1) is 5.92 Å². The molecule has 1 amide bonds. The van der Waals surface area contributed by atoms with Crippen LogP contribution in [0.4, 0.5) is 5.69 Å². The molecule has 1 fully saturated rings. The standard InChI is InChI=1S/C16H21NO2/c1-2-12-19-15-11-7-6-10-14(15)17-16(18)13-8-4-3-5-9-13/h2,6-7,10-11,13H,1,3-5,8-9,12H2,(H,17,18). The van der Waals surface area contributed by atoms with Gasteiger partial charge in [0.25, 0.3) is 0 Å². The van der Waals surface area contributed by atoms with Gasteiger partial charge >= 0.3 is 0 Å². The molecular weight excluding hydrogens is 238 g/mol. The van der Waals surface area contributed by atoms with E-state index < -0.39 is 0 Å². The lowest BCUT2D eigenvalue weighted by Gasteiger charge is -2.21. The molecule has 1 aliphatic carbocycles. The van der Waals surface area contributed by atoms with Crippen LogP contribution in [0.5, 0.6) is 5.75 Å². The van der Waals surface area contributed by atoms with Crippen LogP contribution in [0.3, 0.4) is 0 Å². The molecule has 0 radical (unpaired) electrons.